The Morgan fingerprint density at radius 3 is 2.59 bits per heavy atom. The fourth-order valence-electron chi connectivity index (χ4n) is 5.12. The van der Waals surface area contributed by atoms with Crippen LogP contribution in [0.1, 0.15) is 29.4 Å². The van der Waals surface area contributed by atoms with Crippen molar-refractivity contribution < 1.29 is 18.6 Å². The van der Waals surface area contributed by atoms with E-state index in [1.807, 2.05) is 11.8 Å². The van der Waals surface area contributed by atoms with Crippen molar-refractivity contribution in [2.24, 2.45) is 0 Å². The number of aromatic nitrogens is 4. The minimum Gasteiger partial charge on any atom is -0.491 e. The lowest BCUT2D eigenvalue weighted by molar-refractivity contribution is -0.0272. The van der Waals surface area contributed by atoms with Crippen molar-refractivity contribution in [3.8, 4) is 17.1 Å². The van der Waals surface area contributed by atoms with Crippen LogP contribution in [0.25, 0.3) is 17.1 Å². The molecule has 5 rings (SSSR count). The predicted molar refractivity (Wildman–Crippen MR) is 167 cm³/mol. The van der Waals surface area contributed by atoms with E-state index in [1.165, 1.54) is 4.90 Å². The molecule has 3 aromatic rings. The molecule has 0 aliphatic carbocycles. The number of aliphatic hydroxyl groups excluding tert-OH is 1. The molecule has 15 heteroatoms. The molecule has 0 bridgehead atoms. The summed E-state index contributed by atoms with van der Waals surface area (Å²) in [6.07, 6.45) is 0.966. The smallest absolute Gasteiger partial charge is 0.282 e. The quantitative estimate of drug-likeness (QED) is 0.226. The van der Waals surface area contributed by atoms with Gasteiger partial charge in [0, 0.05) is 48.6 Å². The van der Waals surface area contributed by atoms with E-state index in [2.05, 4.69) is 20.6 Å². The zero-order chi connectivity index (χ0) is 31.8. The SMILES string of the molecule is CNC[C@@H](O)COc1ccc(Cl)c(-c2nc(/C(NC)=C(\C)C(=N)Cl)c(C)c(N3Cc4cnc(N5CC(F)(F)C5)nc4C3)n2)c1. The number of allylic oxidation sites excluding steroid dienone is 1. The number of ether oxygens (including phenoxy) is 1. The molecule has 234 valence electrons. The molecular formula is C29H33Cl2F2N9O2. The molecular weight excluding hydrogens is 615 g/mol. The Labute approximate surface area is 263 Å². The third-order valence-corrected chi connectivity index (χ3v) is 8.06. The summed E-state index contributed by atoms with van der Waals surface area (Å²) in [5.74, 6) is -1.08. The van der Waals surface area contributed by atoms with Gasteiger partial charge in [-0.25, -0.2) is 28.7 Å². The molecule has 2 aromatic heterocycles. The molecule has 1 fully saturated rings. The van der Waals surface area contributed by atoms with Crippen LogP contribution in [0.15, 0.2) is 30.0 Å². The van der Waals surface area contributed by atoms with E-state index < -0.39 is 25.1 Å². The number of rotatable bonds is 11. The summed E-state index contributed by atoms with van der Waals surface area (Å²) in [5.41, 5.74) is 4.36. The monoisotopic (exact) mass is 647 g/mol. The van der Waals surface area contributed by atoms with Crippen molar-refractivity contribution in [1.29, 1.82) is 5.41 Å². The van der Waals surface area contributed by atoms with Crippen LogP contribution in [0.4, 0.5) is 20.5 Å². The van der Waals surface area contributed by atoms with Gasteiger partial charge >= 0.3 is 0 Å². The van der Waals surface area contributed by atoms with Crippen LogP contribution in [0.3, 0.4) is 0 Å². The molecule has 11 nitrogen and oxygen atoms in total. The third-order valence-electron chi connectivity index (χ3n) is 7.44. The van der Waals surface area contributed by atoms with Crippen molar-refractivity contribution in [2.45, 2.75) is 39.0 Å². The first-order valence-electron chi connectivity index (χ1n) is 13.9. The Morgan fingerprint density at radius 1 is 1.18 bits per heavy atom. The van der Waals surface area contributed by atoms with Crippen molar-refractivity contribution >= 4 is 45.8 Å². The zero-order valence-corrected chi connectivity index (χ0v) is 26.2. The van der Waals surface area contributed by atoms with Gasteiger partial charge in [-0.1, -0.05) is 23.2 Å². The van der Waals surface area contributed by atoms with Gasteiger partial charge in [-0.15, -0.1) is 0 Å². The average Bonchev–Trinajstić information content (AvgIpc) is 3.40. The lowest BCUT2D eigenvalue weighted by Gasteiger charge is -2.38. The van der Waals surface area contributed by atoms with Gasteiger partial charge in [-0.2, -0.15) is 0 Å². The fraction of sp³-hybridized carbons (Fsp3) is 0.414. The van der Waals surface area contributed by atoms with Crippen molar-refractivity contribution in [3.05, 3.63) is 57.5 Å². The first kappa shape index (κ1) is 31.8. The van der Waals surface area contributed by atoms with Gasteiger partial charge in [-0.05, 0) is 39.1 Å². The molecule has 0 radical (unpaired) electrons. The van der Waals surface area contributed by atoms with Gasteiger partial charge < -0.3 is 30.3 Å². The average molecular weight is 649 g/mol. The van der Waals surface area contributed by atoms with Crippen LogP contribution < -0.4 is 25.2 Å². The number of hydrogen-bond donors (Lipinski definition) is 4. The highest BCUT2D eigenvalue weighted by molar-refractivity contribution is 6.69. The molecule has 0 unspecified atom stereocenters. The Morgan fingerprint density at radius 2 is 1.93 bits per heavy atom. The van der Waals surface area contributed by atoms with Crippen LogP contribution in [-0.2, 0) is 13.1 Å². The Hall–Kier alpha value is -3.65. The number of aliphatic hydroxyl groups is 1. The zero-order valence-electron chi connectivity index (χ0n) is 24.7. The maximum absolute atomic E-state index is 13.5. The molecule has 0 saturated carbocycles. The molecule has 2 aliphatic rings. The Kier molecular flexibility index (Phi) is 9.21. The first-order valence-corrected chi connectivity index (χ1v) is 14.7. The van der Waals surface area contributed by atoms with Crippen molar-refractivity contribution in [2.75, 3.05) is 50.1 Å². The van der Waals surface area contributed by atoms with Crippen LogP contribution >= 0.6 is 23.2 Å². The second-order valence-corrected chi connectivity index (χ2v) is 11.6. The number of benzene rings is 1. The molecule has 44 heavy (non-hydrogen) atoms. The number of fused-ring (bicyclic) bond motifs is 1. The topological polar surface area (TPSA) is 135 Å². The third kappa shape index (κ3) is 6.55. The fourth-order valence-corrected chi connectivity index (χ4v) is 5.42. The van der Waals surface area contributed by atoms with Gasteiger partial charge in [0.05, 0.1) is 41.7 Å². The normalized spacial score (nSPS) is 16.7. The summed E-state index contributed by atoms with van der Waals surface area (Å²) in [6, 6.07) is 5.09. The summed E-state index contributed by atoms with van der Waals surface area (Å²) in [6.45, 7) is 4.04. The van der Waals surface area contributed by atoms with Gasteiger partial charge in [0.1, 0.15) is 29.4 Å². The van der Waals surface area contributed by atoms with Gasteiger partial charge in [0.15, 0.2) is 5.82 Å². The van der Waals surface area contributed by atoms with E-state index in [0.29, 0.717) is 64.6 Å². The van der Waals surface area contributed by atoms with E-state index in [1.54, 1.807) is 45.4 Å². The number of anilines is 2. The Balaban J connectivity index is 1.55. The predicted octanol–water partition coefficient (Wildman–Crippen LogP) is 4.00. The lowest BCUT2D eigenvalue weighted by Crippen LogP contribution is -2.57. The van der Waals surface area contributed by atoms with Gasteiger partial charge in [0.25, 0.3) is 5.92 Å². The summed E-state index contributed by atoms with van der Waals surface area (Å²) in [5, 5.41) is 24.4. The number of hydrogen-bond acceptors (Lipinski definition) is 11. The van der Waals surface area contributed by atoms with E-state index >= 15 is 0 Å². The highest BCUT2D eigenvalue weighted by Gasteiger charge is 2.45. The standard InChI is InChI=1S/C29H33Cl2F2N9O2/c1-15(25(31)34)23(36-4)24-16(2)27(41-10-17-8-37-28(38-22(17)11-41)42-13-29(32,33)14-42)40-26(39-24)20-7-19(5-6-21(20)30)44-12-18(43)9-35-3/h5-8,18,34-36,43H,9-14H2,1-4H3/b23-15-,34-25?/t18-/m1/s1. The van der Waals surface area contributed by atoms with Gasteiger partial charge in [-0.3, -0.25) is 5.41 Å². The molecule has 4 N–H and O–H groups in total. The molecule has 1 saturated heterocycles. The second kappa shape index (κ2) is 12.8. The van der Waals surface area contributed by atoms with E-state index in [4.69, 9.17) is 43.3 Å². The number of nitrogens with zero attached hydrogens (tertiary/aromatic N) is 6. The number of halogens is 4. The lowest BCUT2D eigenvalue weighted by atomic mass is 10.1. The van der Waals surface area contributed by atoms with Gasteiger partial charge in [0.2, 0.25) is 5.95 Å². The molecule has 2 aliphatic heterocycles. The molecule has 1 atom stereocenters. The highest BCUT2D eigenvalue weighted by atomic mass is 35.5. The minimum absolute atomic E-state index is 0.0704. The Bertz CT molecular complexity index is 1610. The number of alkyl halides is 2. The van der Waals surface area contributed by atoms with Crippen LogP contribution in [-0.4, -0.2) is 82.6 Å². The molecule has 1 aromatic carbocycles. The second-order valence-electron chi connectivity index (χ2n) is 10.8. The van der Waals surface area contributed by atoms with Crippen molar-refractivity contribution in [3.63, 3.8) is 0 Å². The van der Waals surface area contributed by atoms with E-state index in [9.17, 15) is 13.9 Å². The molecule has 4 heterocycles. The maximum Gasteiger partial charge on any atom is 0.282 e. The minimum atomic E-state index is -2.73. The number of likely N-dealkylation sites (N-methyl/N-ethyl adjacent to an activating group) is 1. The van der Waals surface area contributed by atoms with E-state index in [-0.39, 0.29) is 17.7 Å². The summed E-state index contributed by atoms with van der Waals surface area (Å²) < 4.78 is 32.8. The molecule has 0 amide bonds. The summed E-state index contributed by atoms with van der Waals surface area (Å²) >= 11 is 12.8. The maximum atomic E-state index is 13.5. The van der Waals surface area contributed by atoms with Crippen LogP contribution in [0.5, 0.6) is 5.75 Å². The highest BCUT2D eigenvalue weighted by Crippen LogP contribution is 2.37. The summed E-state index contributed by atoms with van der Waals surface area (Å²) in [4.78, 5) is 22.2. The van der Waals surface area contributed by atoms with E-state index in [0.717, 1.165) is 16.8 Å². The first-order chi connectivity index (χ1) is 20.9. The van der Waals surface area contributed by atoms with Crippen LogP contribution in [0, 0.1) is 12.3 Å². The summed E-state index contributed by atoms with van der Waals surface area (Å²) in [7, 11) is 3.46. The van der Waals surface area contributed by atoms with Crippen molar-refractivity contribution in [1.82, 2.24) is 30.6 Å². The number of nitrogens with one attached hydrogen (secondary N) is 3. The largest absolute Gasteiger partial charge is 0.491 e. The molecule has 0 spiro atoms. The van der Waals surface area contributed by atoms with Crippen LogP contribution in [0.2, 0.25) is 5.02 Å².